The highest BCUT2D eigenvalue weighted by Crippen LogP contribution is 2.52. The zero-order valence-electron chi connectivity index (χ0n) is 27.7. The third-order valence-corrected chi connectivity index (χ3v) is 10.4. The monoisotopic (exact) mass is 641 g/mol. The van der Waals surface area contributed by atoms with Gasteiger partial charge in [-0.2, -0.15) is 0 Å². The summed E-state index contributed by atoms with van der Waals surface area (Å²) >= 11 is 0. The molecule has 0 aliphatic heterocycles. The van der Waals surface area contributed by atoms with Gasteiger partial charge in [0.15, 0.2) is 17.5 Å². The van der Waals surface area contributed by atoms with E-state index in [0.29, 0.717) is 17.5 Å². The molecule has 50 heavy (non-hydrogen) atoms. The van der Waals surface area contributed by atoms with Crippen LogP contribution in [0.2, 0.25) is 0 Å². The van der Waals surface area contributed by atoms with E-state index in [1.807, 2.05) is 18.2 Å². The van der Waals surface area contributed by atoms with E-state index >= 15 is 0 Å². The van der Waals surface area contributed by atoms with Gasteiger partial charge in [-0.3, -0.25) is 0 Å². The molecule has 0 N–H and O–H groups in total. The number of fused-ring (bicyclic) bond motifs is 7. The number of rotatable bonds is 4. The van der Waals surface area contributed by atoms with Crippen LogP contribution in [0, 0.1) is 0 Å². The summed E-state index contributed by atoms with van der Waals surface area (Å²) in [5.74, 6) is 1.82. The van der Waals surface area contributed by atoms with Crippen molar-refractivity contribution in [2.45, 2.75) is 19.3 Å². The molecular weight excluding hydrogens is 611 g/mol. The molecule has 10 rings (SSSR count). The molecule has 7 aromatic carbocycles. The lowest BCUT2D eigenvalue weighted by Crippen LogP contribution is -2.14. The van der Waals surface area contributed by atoms with Gasteiger partial charge in [0.2, 0.25) is 0 Å². The normalized spacial score (nSPS) is 13.2. The molecule has 0 atom stereocenters. The zero-order chi connectivity index (χ0) is 33.4. The van der Waals surface area contributed by atoms with Crippen LogP contribution >= 0.6 is 0 Å². The first kappa shape index (κ1) is 28.6. The van der Waals surface area contributed by atoms with E-state index < -0.39 is 0 Å². The molecule has 4 heteroatoms. The predicted molar refractivity (Wildman–Crippen MR) is 204 cm³/mol. The first-order valence-electron chi connectivity index (χ1n) is 17.0. The Bertz CT molecular complexity index is 2800. The van der Waals surface area contributed by atoms with Crippen molar-refractivity contribution in [3.05, 3.63) is 163 Å². The van der Waals surface area contributed by atoms with Gasteiger partial charge in [-0.1, -0.05) is 153 Å². The van der Waals surface area contributed by atoms with Crippen molar-refractivity contribution in [1.82, 2.24) is 15.0 Å². The summed E-state index contributed by atoms with van der Waals surface area (Å²) < 4.78 is 6.52. The van der Waals surface area contributed by atoms with E-state index in [4.69, 9.17) is 19.4 Å². The van der Waals surface area contributed by atoms with Gasteiger partial charge in [0, 0.05) is 27.3 Å². The first-order valence-corrected chi connectivity index (χ1v) is 17.0. The Morgan fingerprint density at radius 3 is 1.78 bits per heavy atom. The number of hydrogen-bond acceptors (Lipinski definition) is 4. The topological polar surface area (TPSA) is 51.8 Å². The molecule has 2 heterocycles. The summed E-state index contributed by atoms with van der Waals surface area (Å²) in [5, 5.41) is 4.48. The van der Waals surface area contributed by atoms with E-state index in [1.54, 1.807) is 0 Å². The lowest BCUT2D eigenvalue weighted by molar-refractivity contribution is 0.660. The summed E-state index contributed by atoms with van der Waals surface area (Å²) in [4.78, 5) is 15.9. The second kappa shape index (κ2) is 10.8. The van der Waals surface area contributed by atoms with Gasteiger partial charge < -0.3 is 4.42 Å². The fourth-order valence-electron chi connectivity index (χ4n) is 7.97. The Morgan fingerprint density at radius 1 is 0.400 bits per heavy atom. The fraction of sp³-hybridized carbons (Fsp3) is 0.0652. The van der Waals surface area contributed by atoms with Crippen molar-refractivity contribution in [2.75, 3.05) is 0 Å². The predicted octanol–water partition coefficient (Wildman–Crippen LogP) is 11.9. The molecule has 0 bridgehead atoms. The van der Waals surface area contributed by atoms with Gasteiger partial charge in [0.05, 0.1) is 5.56 Å². The van der Waals surface area contributed by atoms with Crippen molar-refractivity contribution < 1.29 is 4.42 Å². The lowest BCUT2D eigenvalue weighted by atomic mass is 9.82. The van der Waals surface area contributed by atoms with Crippen LogP contribution < -0.4 is 0 Å². The molecule has 0 amide bonds. The minimum Gasteiger partial charge on any atom is -0.455 e. The Hall–Kier alpha value is -6.39. The summed E-state index contributed by atoms with van der Waals surface area (Å²) in [5.41, 5.74) is 11.4. The van der Waals surface area contributed by atoms with Gasteiger partial charge >= 0.3 is 0 Å². The lowest BCUT2D eigenvalue weighted by Gasteiger charge is -2.21. The molecular formula is C46H31N3O. The van der Waals surface area contributed by atoms with Crippen molar-refractivity contribution in [1.29, 1.82) is 0 Å². The molecule has 0 unspecified atom stereocenters. The molecule has 9 aromatic rings. The fourth-order valence-corrected chi connectivity index (χ4v) is 7.97. The minimum atomic E-state index is -0.151. The third-order valence-electron chi connectivity index (χ3n) is 10.4. The van der Waals surface area contributed by atoms with E-state index in [-0.39, 0.29) is 5.41 Å². The average molecular weight is 642 g/mol. The Balaban J connectivity index is 1.27. The number of hydrogen-bond donors (Lipinski definition) is 0. The van der Waals surface area contributed by atoms with Crippen LogP contribution in [0.25, 0.3) is 89.1 Å². The quantitative estimate of drug-likeness (QED) is 0.192. The maximum atomic E-state index is 6.52. The number of para-hydroxylation sites is 2. The molecule has 0 radical (unpaired) electrons. The van der Waals surface area contributed by atoms with Crippen LogP contribution in [-0.2, 0) is 5.41 Å². The largest absolute Gasteiger partial charge is 0.455 e. The van der Waals surface area contributed by atoms with E-state index in [9.17, 15) is 0 Å². The first-order chi connectivity index (χ1) is 24.6. The SMILES string of the molecule is CC1(C)c2ccccc2-c2c(-c3nc(-c4ccccc4-c4cccc5ccccc45)nc(-c4cccc5c4oc4ccccc45)n3)cccc21. The van der Waals surface area contributed by atoms with Crippen LogP contribution in [0.4, 0.5) is 0 Å². The molecule has 0 fully saturated rings. The van der Waals surface area contributed by atoms with Crippen LogP contribution in [0.15, 0.2) is 156 Å². The standard InChI is InChI=1S/C46H31N3O/c1-46(2)38-25-9-7-20-35(38)41-36(23-13-26-39(41)46)44-47-43(34-19-6-5-17-31(34)30-21-11-15-28-14-3-4-16-29(28)30)48-45(49-44)37-24-12-22-33-32-18-8-10-27-40(32)50-42(33)37/h3-27H,1-2H3. The molecule has 4 nitrogen and oxygen atoms in total. The number of aromatic nitrogens is 3. The van der Waals surface area contributed by atoms with Crippen molar-refractivity contribution in [2.24, 2.45) is 0 Å². The van der Waals surface area contributed by atoms with Crippen LogP contribution in [-0.4, -0.2) is 15.0 Å². The molecule has 1 aliphatic carbocycles. The molecule has 0 spiro atoms. The summed E-state index contributed by atoms with van der Waals surface area (Å²) in [6, 6.07) is 53.0. The Kier molecular flexibility index (Phi) is 6.19. The van der Waals surface area contributed by atoms with Crippen LogP contribution in [0.1, 0.15) is 25.0 Å². The average Bonchev–Trinajstić information content (AvgIpc) is 3.67. The Morgan fingerprint density at radius 2 is 0.920 bits per heavy atom. The van der Waals surface area contributed by atoms with Gasteiger partial charge in [0.1, 0.15) is 11.2 Å². The number of benzene rings is 7. The minimum absolute atomic E-state index is 0.151. The van der Waals surface area contributed by atoms with Crippen molar-refractivity contribution in [3.63, 3.8) is 0 Å². The number of furan rings is 1. The van der Waals surface area contributed by atoms with Gasteiger partial charge in [0.25, 0.3) is 0 Å². The highest BCUT2D eigenvalue weighted by molar-refractivity contribution is 6.09. The third kappa shape index (κ3) is 4.21. The maximum absolute atomic E-state index is 6.52. The highest BCUT2D eigenvalue weighted by atomic mass is 16.3. The summed E-state index contributed by atoms with van der Waals surface area (Å²) in [7, 11) is 0. The molecule has 0 saturated carbocycles. The van der Waals surface area contributed by atoms with Gasteiger partial charge in [-0.05, 0) is 56.3 Å². The van der Waals surface area contributed by atoms with Crippen LogP contribution in [0.3, 0.4) is 0 Å². The summed E-state index contributed by atoms with van der Waals surface area (Å²) in [6.07, 6.45) is 0. The zero-order valence-corrected chi connectivity index (χ0v) is 27.7. The maximum Gasteiger partial charge on any atom is 0.167 e. The summed E-state index contributed by atoms with van der Waals surface area (Å²) in [6.45, 7) is 4.60. The smallest absolute Gasteiger partial charge is 0.167 e. The molecule has 2 aromatic heterocycles. The second-order valence-electron chi connectivity index (χ2n) is 13.6. The molecule has 1 aliphatic rings. The Labute approximate surface area is 289 Å². The van der Waals surface area contributed by atoms with E-state index in [2.05, 4.69) is 147 Å². The highest BCUT2D eigenvalue weighted by Gasteiger charge is 2.37. The number of nitrogens with zero attached hydrogens (tertiary/aromatic N) is 3. The molecule has 0 saturated heterocycles. The van der Waals surface area contributed by atoms with Gasteiger partial charge in [-0.25, -0.2) is 15.0 Å². The van der Waals surface area contributed by atoms with E-state index in [0.717, 1.165) is 49.8 Å². The van der Waals surface area contributed by atoms with E-state index in [1.165, 1.54) is 33.0 Å². The van der Waals surface area contributed by atoms with Gasteiger partial charge in [-0.15, -0.1) is 0 Å². The second-order valence-corrected chi connectivity index (χ2v) is 13.6. The van der Waals surface area contributed by atoms with Crippen molar-refractivity contribution >= 4 is 32.7 Å². The van der Waals surface area contributed by atoms with Crippen LogP contribution in [0.5, 0.6) is 0 Å². The van der Waals surface area contributed by atoms with Crippen molar-refractivity contribution in [3.8, 4) is 56.4 Å². The molecule has 236 valence electrons.